The van der Waals surface area contributed by atoms with Gasteiger partial charge < -0.3 is 0 Å². The molecule has 1 aromatic rings. The number of rotatable bonds is 4. The van der Waals surface area contributed by atoms with Crippen LogP contribution in [-0.2, 0) is 6.54 Å². The van der Waals surface area contributed by atoms with Crippen molar-refractivity contribution in [2.75, 3.05) is 6.54 Å². The van der Waals surface area contributed by atoms with Crippen molar-refractivity contribution < 1.29 is 0 Å². The molecule has 2 atom stereocenters. The molecule has 2 heteroatoms. The smallest absolute Gasteiger partial charge is 0.0656 e. The van der Waals surface area contributed by atoms with Crippen molar-refractivity contribution in [3.05, 3.63) is 35.9 Å². The van der Waals surface area contributed by atoms with E-state index < -0.39 is 0 Å². The van der Waals surface area contributed by atoms with Crippen LogP contribution in [0.3, 0.4) is 0 Å². The predicted octanol–water partition coefficient (Wildman–Crippen LogP) is 3.20. The predicted molar refractivity (Wildman–Crippen MR) is 69.3 cm³/mol. The minimum Gasteiger partial charge on any atom is -0.296 e. The molecule has 17 heavy (non-hydrogen) atoms. The summed E-state index contributed by atoms with van der Waals surface area (Å²) in [6.45, 7) is 4.29. The summed E-state index contributed by atoms with van der Waals surface area (Å²) in [5, 5.41) is 8.96. The van der Waals surface area contributed by atoms with Gasteiger partial charge in [-0.3, -0.25) is 4.90 Å². The third-order valence-electron chi connectivity index (χ3n) is 3.74. The van der Waals surface area contributed by atoms with Gasteiger partial charge in [0.2, 0.25) is 0 Å². The minimum absolute atomic E-state index is 0.282. The molecule has 2 rings (SSSR count). The van der Waals surface area contributed by atoms with E-state index in [4.69, 9.17) is 5.26 Å². The van der Waals surface area contributed by atoms with Gasteiger partial charge in [0.25, 0.3) is 0 Å². The van der Waals surface area contributed by atoms with E-state index in [1.807, 2.05) is 0 Å². The second-order valence-corrected chi connectivity index (χ2v) is 4.84. The first-order chi connectivity index (χ1) is 8.33. The van der Waals surface area contributed by atoms with Crippen molar-refractivity contribution >= 4 is 0 Å². The Kier molecular flexibility index (Phi) is 4.17. The molecule has 1 saturated carbocycles. The van der Waals surface area contributed by atoms with Crippen LogP contribution in [0.25, 0.3) is 0 Å². The molecule has 1 aromatic carbocycles. The molecule has 0 N–H and O–H groups in total. The lowest BCUT2D eigenvalue weighted by atomic mass is 10.1. The van der Waals surface area contributed by atoms with Crippen LogP contribution in [0.2, 0.25) is 0 Å². The number of hydrogen-bond donors (Lipinski definition) is 0. The van der Waals surface area contributed by atoms with Gasteiger partial charge >= 0.3 is 0 Å². The standard InChI is InChI=1S/C15H20N2/c1-2-17(12-13-6-4-3-5-7-13)15-9-8-14(10-15)11-16/h3-7,14-15H,2,8-10,12H2,1H3. The summed E-state index contributed by atoms with van der Waals surface area (Å²) in [6, 6.07) is 13.6. The first kappa shape index (κ1) is 12.1. The molecule has 0 aromatic heterocycles. The molecular weight excluding hydrogens is 208 g/mol. The normalized spacial score (nSPS) is 23.8. The van der Waals surface area contributed by atoms with Crippen LogP contribution in [0.1, 0.15) is 31.7 Å². The van der Waals surface area contributed by atoms with Crippen LogP contribution in [0.4, 0.5) is 0 Å². The maximum Gasteiger partial charge on any atom is 0.0656 e. The van der Waals surface area contributed by atoms with Crippen LogP contribution in [0.15, 0.2) is 30.3 Å². The van der Waals surface area contributed by atoms with E-state index in [1.54, 1.807) is 0 Å². The summed E-state index contributed by atoms with van der Waals surface area (Å²) in [7, 11) is 0. The van der Waals surface area contributed by atoms with E-state index in [9.17, 15) is 0 Å². The van der Waals surface area contributed by atoms with E-state index in [0.29, 0.717) is 6.04 Å². The Labute approximate surface area is 104 Å². The monoisotopic (exact) mass is 228 g/mol. The Hall–Kier alpha value is -1.33. The zero-order valence-corrected chi connectivity index (χ0v) is 10.5. The maximum absolute atomic E-state index is 8.96. The molecule has 1 fully saturated rings. The van der Waals surface area contributed by atoms with Crippen molar-refractivity contribution in [3.63, 3.8) is 0 Å². The summed E-state index contributed by atoms with van der Waals surface area (Å²) >= 11 is 0. The zero-order valence-electron chi connectivity index (χ0n) is 10.5. The highest BCUT2D eigenvalue weighted by atomic mass is 15.1. The topological polar surface area (TPSA) is 27.0 Å². The Bertz CT molecular complexity index is 380. The number of benzene rings is 1. The molecule has 2 nitrogen and oxygen atoms in total. The fourth-order valence-electron chi connectivity index (χ4n) is 2.72. The minimum atomic E-state index is 0.282. The second-order valence-electron chi connectivity index (χ2n) is 4.84. The Balaban J connectivity index is 1.96. The molecule has 1 aliphatic carbocycles. The van der Waals surface area contributed by atoms with Crippen molar-refractivity contribution in [1.29, 1.82) is 5.26 Å². The number of hydrogen-bond acceptors (Lipinski definition) is 2. The highest BCUT2D eigenvalue weighted by Crippen LogP contribution is 2.29. The Morgan fingerprint density at radius 3 is 2.65 bits per heavy atom. The summed E-state index contributed by atoms with van der Waals surface area (Å²) in [5.41, 5.74) is 1.37. The van der Waals surface area contributed by atoms with E-state index in [2.05, 4.69) is 48.2 Å². The van der Waals surface area contributed by atoms with E-state index >= 15 is 0 Å². The quantitative estimate of drug-likeness (QED) is 0.791. The fraction of sp³-hybridized carbons (Fsp3) is 0.533. The molecule has 0 heterocycles. The number of nitrogens with zero attached hydrogens (tertiary/aromatic N) is 2. The molecule has 0 spiro atoms. The van der Waals surface area contributed by atoms with Crippen molar-refractivity contribution in [3.8, 4) is 6.07 Å². The number of nitriles is 1. The average Bonchev–Trinajstić information content (AvgIpc) is 2.86. The van der Waals surface area contributed by atoms with Crippen molar-refractivity contribution in [1.82, 2.24) is 4.90 Å². The lowest BCUT2D eigenvalue weighted by molar-refractivity contribution is 0.198. The van der Waals surface area contributed by atoms with Crippen molar-refractivity contribution in [2.24, 2.45) is 5.92 Å². The van der Waals surface area contributed by atoms with E-state index in [-0.39, 0.29) is 5.92 Å². The van der Waals surface area contributed by atoms with Crippen LogP contribution < -0.4 is 0 Å². The van der Waals surface area contributed by atoms with Crippen molar-refractivity contribution in [2.45, 2.75) is 38.8 Å². The molecular formula is C15H20N2. The Morgan fingerprint density at radius 2 is 2.06 bits per heavy atom. The van der Waals surface area contributed by atoms with Crippen LogP contribution in [0, 0.1) is 17.2 Å². The van der Waals surface area contributed by atoms with Gasteiger partial charge in [-0.1, -0.05) is 37.3 Å². The molecule has 0 radical (unpaired) electrons. The third-order valence-corrected chi connectivity index (χ3v) is 3.74. The Morgan fingerprint density at radius 1 is 1.29 bits per heavy atom. The zero-order chi connectivity index (χ0) is 12.1. The second kappa shape index (κ2) is 5.84. The first-order valence-electron chi connectivity index (χ1n) is 6.51. The maximum atomic E-state index is 8.96. The highest BCUT2D eigenvalue weighted by molar-refractivity contribution is 5.14. The summed E-state index contributed by atoms with van der Waals surface area (Å²) in [4.78, 5) is 2.51. The largest absolute Gasteiger partial charge is 0.296 e. The molecule has 90 valence electrons. The van der Waals surface area contributed by atoms with E-state index in [1.165, 1.54) is 12.0 Å². The average molecular weight is 228 g/mol. The van der Waals surface area contributed by atoms with Gasteiger partial charge in [-0.15, -0.1) is 0 Å². The van der Waals surface area contributed by atoms with Gasteiger partial charge in [0.15, 0.2) is 0 Å². The first-order valence-corrected chi connectivity index (χ1v) is 6.51. The van der Waals surface area contributed by atoms with Crippen LogP contribution in [-0.4, -0.2) is 17.5 Å². The van der Waals surface area contributed by atoms with Crippen LogP contribution in [0.5, 0.6) is 0 Å². The summed E-state index contributed by atoms with van der Waals surface area (Å²) in [5.74, 6) is 0.282. The van der Waals surface area contributed by atoms with Gasteiger partial charge in [0.05, 0.1) is 6.07 Å². The van der Waals surface area contributed by atoms with Gasteiger partial charge in [-0.05, 0) is 31.4 Å². The van der Waals surface area contributed by atoms with Gasteiger partial charge in [0, 0.05) is 18.5 Å². The highest BCUT2D eigenvalue weighted by Gasteiger charge is 2.28. The van der Waals surface area contributed by atoms with E-state index in [0.717, 1.165) is 25.9 Å². The molecule has 2 unspecified atom stereocenters. The fourth-order valence-corrected chi connectivity index (χ4v) is 2.72. The summed E-state index contributed by atoms with van der Waals surface area (Å²) in [6.07, 6.45) is 3.31. The lowest BCUT2D eigenvalue weighted by Gasteiger charge is -2.27. The summed E-state index contributed by atoms with van der Waals surface area (Å²) < 4.78 is 0. The molecule has 0 saturated heterocycles. The van der Waals surface area contributed by atoms with Gasteiger partial charge in [-0.25, -0.2) is 0 Å². The molecule has 1 aliphatic rings. The van der Waals surface area contributed by atoms with Gasteiger partial charge in [-0.2, -0.15) is 5.26 Å². The SMILES string of the molecule is CCN(Cc1ccccc1)C1CCC(C#N)C1. The molecule has 0 bridgehead atoms. The lowest BCUT2D eigenvalue weighted by Crippen LogP contribution is -2.32. The van der Waals surface area contributed by atoms with Crippen LogP contribution >= 0.6 is 0 Å². The van der Waals surface area contributed by atoms with Gasteiger partial charge in [0.1, 0.15) is 0 Å². The molecule has 0 aliphatic heterocycles. The molecule has 0 amide bonds. The third kappa shape index (κ3) is 3.08.